The molecule has 0 spiro atoms. The van der Waals surface area contributed by atoms with Crippen molar-refractivity contribution >= 4 is 82.5 Å². The average Bonchev–Trinajstić information content (AvgIpc) is 4.23. The number of aryl methyl sites for hydroxylation is 2. The molecule has 31 nitrogen and oxygen atoms in total. The summed E-state index contributed by atoms with van der Waals surface area (Å²) in [5, 5.41) is 80.0. The molecule has 404 valence electrons. The van der Waals surface area contributed by atoms with E-state index in [1.165, 1.54) is 43.1 Å². The Bertz CT molecular complexity index is 2660. The summed E-state index contributed by atoms with van der Waals surface area (Å²) in [6.07, 6.45) is 1.76. The summed E-state index contributed by atoms with van der Waals surface area (Å²) in [7, 11) is 0. The first-order valence-electron chi connectivity index (χ1n) is 19.5. The summed E-state index contributed by atoms with van der Waals surface area (Å²) in [4.78, 5) is 94.8. The number of pyridine rings is 2. The summed E-state index contributed by atoms with van der Waals surface area (Å²) in [5.74, 6) is -8.72. The fourth-order valence-corrected chi connectivity index (χ4v) is 5.14. The first-order valence-corrected chi connectivity index (χ1v) is 21.9. The van der Waals surface area contributed by atoms with Gasteiger partial charge >= 0.3 is 53.9 Å². The number of carboxylic acids is 8. The van der Waals surface area contributed by atoms with Crippen molar-refractivity contribution in [2.24, 2.45) is 5.92 Å². The highest BCUT2D eigenvalue weighted by atomic mass is 32.1. The zero-order chi connectivity index (χ0) is 57.4. The van der Waals surface area contributed by atoms with Crippen LogP contribution in [0.4, 0.5) is 13.2 Å². The SMILES string of the molecule is CC(C)CCc1cccc(C(=O)O)n1.Cc1cc(C(F)(F)F)cc(C(=O)O)n1.O=C(O)c1ccon1.O=C(O)c1ccsn1.O=C(O)c1cnon1.O=C(O)c1cnsn1.O=C(O)c1ncon1.O=C(O)c1ncsn1. The third kappa shape index (κ3) is 27.1. The molecule has 0 aliphatic carbocycles. The number of nitrogens with zero attached hydrogens (tertiary/aromatic N) is 12. The Morgan fingerprint density at radius 2 is 1.24 bits per heavy atom. The van der Waals surface area contributed by atoms with Gasteiger partial charge in [-0.2, -0.15) is 35.6 Å². The van der Waals surface area contributed by atoms with Crippen LogP contribution in [0.3, 0.4) is 0 Å². The first kappa shape index (κ1) is 64.1. The van der Waals surface area contributed by atoms with Crippen molar-refractivity contribution in [2.75, 3.05) is 0 Å². The van der Waals surface area contributed by atoms with Crippen LogP contribution in [-0.2, 0) is 12.6 Å². The molecule has 8 heterocycles. The van der Waals surface area contributed by atoms with Gasteiger partial charge in [0.2, 0.25) is 12.1 Å². The van der Waals surface area contributed by atoms with E-state index in [0.29, 0.717) is 12.0 Å². The molecule has 0 fully saturated rings. The topological polar surface area (TPSA) is 492 Å². The number of halogens is 3. The molecular formula is C39H35F3N12O19S3. The van der Waals surface area contributed by atoms with E-state index in [0.717, 1.165) is 72.0 Å². The van der Waals surface area contributed by atoms with Crippen LogP contribution in [-0.4, -0.2) is 147 Å². The molecule has 37 heteroatoms. The first-order chi connectivity index (χ1) is 35.7. The highest BCUT2D eigenvalue weighted by Gasteiger charge is 2.32. The Morgan fingerprint density at radius 3 is 1.58 bits per heavy atom. The number of rotatable bonds is 11. The predicted molar refractivity (Wildman–Crippen MR) is 244 cm³/mol. The van der Waals surface area contributed by atoms with Crippen LogP contribution in [0.1, 0.15) is 121 Å². The molecule has 0 saturated heterocycles. The molecule has 8 aromatic rings. The maximum atomic E-state index is 12.2. The number of carbonyl (C=O) groups is 8. The van der Waals surface area contributed by atoms with Gasteiger partial charge in [-0.15, -0.1) is 0 Å². The highest BCUT2D eigenvalue weighted by Crippen LogP contribution is 2.29. The summed E-state index contributed by atoms with van der Waals surface area (Å²) in [6, 6.07) is 9.18. The molecule has 0 aliphatic heterocycles. The minimum absolute atomic E-state index is 0.00926. The largest absolute Gasteiger partial charge is 0.477 e. The average molecular weight is 1130 g/mol. The Balaban J connectivity index is 0.000000440. The Labute approximate surface area is 432 Å². The number of carboxylic acid groups (broad SMARTS) is 8. The molecule has 0 bridgehead atoms. The van der Waals surface area contributed by atoms with E-state index in [4.69, 9.17) is 40.9 Å². The summed E-state index contributed by atoms with van der Waals surface area (Å²) < 4.78 is 62.9. The standard InChI is InChI=1S/C11H15NO2.C8H6F3NO2.C4H3NO3.C4H3NO2S.2C3H2N2O3.2C3H2N2O2S/c1-8(2)6-7-9-4-3-5-10(12-9)11(13)14;1-4-2-5(8(9,10)11)3-6(12-4)7(13)14;2*6-4(7)3-1-2-8-5-3;6-3(7)2-4-1-8-5-2;6-3(7)2-1-4-8-5-2;6-3(7)2-4-1-8-5-2;6-3(7)2-1-4-8-5-2/h3-5,8H,6-7H2,1-2H3,(H,13,14);2-3H,1H3,(H,13,14);2*1-2H,(H,6,7);4*1H,(H,6,7). The molecular weight excluding hydrogens is 1090 g/mol. The van der Waals surface area contributed by atoms with Gasteiger partial charge < -0.3 is 49.9 Å². The van der Waals surface area contributed by atoms with Gasteiger partial charge in [-0.1, -0.05) is 35.4 Å². The maximum absolute atomic E-state index is 12.2. The van der Waals surface area contributed by atoms with Crippen LogP contribution in [0.25, 0.3) is 0 Å². The van der Waals surface area contributed by atoms with Gasteiger partial charge in [-0.25, -0.2) is 57.9 Å². The Hall–Kier alpha value is -9.91. The fraction of sp³-hybridized carbons (Fsp3) is 0.179. The van der Waals surface area contributed by atoms with E-state index < -0.39 is 65.2 Å². The molecule has 0 saturated carbocycles. The van der Waals surface area contributed by atoms with Crippen molar-refractivity contribution in [2.45, 2.75) is 39.8 Å². The second-order valence-corrected chi connectivity index (χ2v) is 15.0. The van der Waals surface area contributed by atoms with Crippen molar-refractivity contribution in [3.05, 3.63) is 141 Å². The molecule has 8 N–H and O–H groups in total. The van der Waals surface area contributed by atoms with Crippen molar-refractivity contribution in [1.82, 2.24) is 58.1 Å². The van der Waals surface area contributed by atoms with Crippen molar-refractivity contribution in [3.63, 3.8) is 0 Å². The monoisotopic (exact) mass is 1130 g/mol. The third-order valence-corrected chi connectivity index (χ3v) is 8.60. The van der Waals surface area contributed by atoms with E-state index in [1.807, 2.05) is 6.07 Å². The van der Waals surface area contributed by atoms with E-state index in [9.17, 15) is 51.5 Å². The fourth-order valence-electron chi connectivity index (χ4n) is 3.81. The zero-order valence-corrected chi connectivity index (χ0v) is 40.7. The lowest BCUT2D eigenvalue weighted by Gasteiger charge is -2.07. The molecule has 8 rings (SSSR count). The van der Waals surface area contributed by atoms with Gasteiger partial charge in [-0.05, 0) is 84.2 Å². The second-order valence-electron chi connectivity index (χ2n) is 13.1. The van der Waals surface area contributed by atoms with Crippen LogP contribution >= 0.6 is 34.8 Å². The smallest absolute Gasteiger partial charge is 0.416 e. The van der Waals surface area contributed by atoms with Gasteiger partial charge in [-0.3, -0.25) is 0 Å². The molecule has 76 heavy (non-hydrogen) atoms. The molecule has 0 atom stereocenters. The van der Waals surface area contributed by atoms with Crippen LogP contribution in [0, 0.1) is 12.8 Å². The molecule has 0 unspecified atom stereocenters. The van der Waals surface area contributed by atoms with Gasteiger partial charge in [0.25, 0.3) is 11.6 Å². The van der Waals surface area contributed by atoms with Crippen molar-refractivity contribution in [1.29, 1.82) is 0 Å². The van der Waals surface area contributed by atoms with E-state index in [1.54, 1.807) is 11.4 Å². The molecule has 0 radical (unpaired) electrons. The van der Waals surface area contributed by atoms with E-state index >= 15 is 0 Å². The Morgan fingerprint density at radius 1 is 0.605 bits per heavy atom. The molecule has 0 aromatic carbocycles. The van der Waals surface area contributed by atoms with Crippen molar-refractivity contribution < 1.29 is 106 Å². The van der Waals surface area contributed by atoms with E-state index in [-0.39, 0.29) is 45.8 Å². The summed E-state index contributed by atoms with van der Waals surface area (Å²) >= 11 is 3.05. The van der Waals surface area contributed by atoms with E-state index in [2.05, 4.69) is 85.6 Å². The van der Waals surface area contributed by atoms with Crippen molar-refractivity contribution in [3.8, 4) is 0 Å². The minimum atomic E-state index is -4.54. The second kappa shape index (κ2) is 33.7. The maximum Gasteiger partial charge on any atom is 0.416 e. The lowest BCUT2D eigenvalue weighted by molar-refractivity contribution is -0.137. The zero-order valence-electron chi connectivity index (χ0n) is 38.3. The van der Waals surface area contributed by atoms with Gasteiger partial charge in [0.1, 0.15) is 29.4 Å². The third-order valence-electron chi connectivity index (χ3n) is 7.08. The number of hydrogen-bond donors (Lipinski definition) is 8. The van der Waals surface area contributed by atoms with Crippen LogP contribution in [0.15, 0.2) is 92.1 Å². The summed E-state index contributed by atoms with van der Waals surface area (Å²) in [5.41, 5.74) is 0.686. The molecule has 0 aliphatic rings. The van der Waals surface area contributed by atoms with Gasteiger partial charge in [0, 0.05) is 22.8 Å². The predicted octanol–water partition coefficient (Wildman–Crippen LogP) is 5.70. The lowest BCUT2D eigenvalue weighted by atomic mass is 10.1. The van der Waals surface area contributed by atoms with Crippen LogP contribution < -0.4 is 0 Å². The molecule has 8 aromatic heterocycles. The number of aromatic carboxylic acids is 8. The Kier molecular flexibility index (Phi) is 28.4. The quantitative estimate of drug-likeness (QED) is 0.0770. The number of hydrogen-bond acceptors (Lipinski definition) is 26. The summed E-state index contributed by atoms with van der Waals surface area (Å²) in [6.45, 7) is 5.59. The highest BCUT2D eigenvalue weighted by molar-refractivity contribution is 7.03. The lowest BCUT2D eigenvalue weighted by Crippen LogP contribution is -2.10. The minimum Gasteiger partial charge on any atom is -0.477 e. The van der Waals surface area contributed by atoms with Gasteiger partial charge in [0.15, 0.2) is 17.1 Å². The number of aromatic nitrogens is 12. The normalized spacial score (nSPS) is 9.72. The van der Waals surface area contributed by atoms with Crippen LogP contribution in [0.2, 0.25) is 0 Å². The number of alkyl halides is 3. The van der Waals surface area contributed by atoms with Crippen LogP contribution in [0.5, 0.6) is 0 Å². The molecule has 0 amide bonds. The van der Waals surface area contributed by atoms with Gasteiger partial charge in [0.05, 0.1) is 23.5 Å².